The molecule has 104 valence electrons. The maximum atomic E-state index is 11.1. The Morgan fingerprint density at radius 2 is 2.10 bits per heavy atom. The van der Waals surface area contributed by atoms with Crippen molar-refractivity contribution in [2.75, 3.05) is 7.11 Å². The number of ether oxygens (including phenoxy) is 2. The lowest BCUT2D eigenvalue weighted by Gasteiger charge is -2.13. The monoisotopic (exact) mass is 292 g/mol. The van der Waals surface area contributed by atoms with Gasteiger partial charge in [0.15, 0.2) is 17.8 Å². The summed E-state index contributed by atoms with van der Waals surface area (Å²) in [6.07, 6.45) is 0.659. The Morgan fingerprint density at radius 3 is 2.75 bits per heavy atom. The number of benzene rings is 2. The van der Waals surface area contributed by atoms with Gasteiger partial charge in [-0.25, -0.2) is 0 Å². The van der Waals surface area contributed by atoms with Gasteiger partial charge in [0.2, 0.25) is 0 Å². The van der Waals surface area contributed by atoms with E-state index in [2.05, 4.69) is 0 Å². The first-order valence-electron chi connectivity index (χ1n) is 5.87. The van der Waals surface area contributed by atoms with Gasteiger partial charge in [0.1, 0.15) is 12.4 Å². The maximum Gasteiger partial charge on any atom is 0.172 e. The number of hydrogen-bond acceptors (Lipinski definition) is 4. The zero-order valence-corrected chi connectivity index (χ0v) is 11.6. The van der Waals surface area contributed by atoms with Crippen LogP contribution in [0.15, 0.2) is 36.4 Å². The summed E-state index contributed by atoms with van der Waals surface area (Å²) in [5.74, 6) is 0.875. The Labute approximate surface area is 121 Å². The molecular weight excluding hydrogens is 280 g/mol. The molecule has 5 heteroatoms. The average Bonchev–Trinajstić information content (AvgIpc) is 2.45. The normalized spacial score (nSPS) is 10.1. The summed E-state index contributed by atoms with van der Waals surface area (Å²) in [5, 5.41) is 9.79. The van der Waals surface area contributed by atoms with E-state index < -0.39 is 0 Å². The lowest BCUT2D eigenvalue weighted by Crippen LogP contribution is -2.01. The highest BCUT2D eigenvalue weighted by Crippen LogP contribution is 2.34. The van der Waals surface area contributed by atoms with Crippen LogP contribution < -0.4 is 9.47 Å². The van der Waals surface area contributed by atoms with Gasteiger partial charge in [-0.2, -0.15) is 0 Å². The molecule has 0 spiro atoms. The average molecular weight is 293 g/mol. The molecule has 2 rings (SSSR count). The first kappa shape index (κ1) is 14.2. The fourth-order valence-corrected chi connectivity index (χ4v) is 2.00. The molecule has 0 radical (unpaired) electrons. The van der Waals surface area contributed by atoms with Crippen molar-refractivity contribution >= 4 is 17.9 Å². The summed E-state index contributed by atoms with van der Waals surface area (Å²) in [6, 6.07) is 9.77. The van der Waals surface area contributed by atoms with Gasteiger partial charge in [0, 0.05) is 11.1 Å². The SMILES string of the molecule is COc1cc(Cl)cc(C=O)c1OCc1cccc(O)c1. The fourth-order valence-electron chi connectivity index (χ4n) is 1.78. The van der Waals surface area contributed by atoms with Gasteiger partial charge >= 0.3 is 0 Å². The third-order valence-electron chi connectivity index (χ3n) is 2.69. The molecule has 0 aliphatic carbocycles. The molecule has 0 saturated heterocycles. The highest BCUT2D eigenvalue weighted by Gasteiger charge is 2.12. The van der Waals surface area contributed by atoms with Crippen molar-refractivity contribution in [2.45, 2.75) is 6.61 Å². The van der Waals surface area contributed by atoms with E-state index in [1.165, 1.54) is 13.2 Å². The lowest BCUT2D eigenvalue weighted by atomic mass is 10.2. The molecule has 0 bridgehead atoms. The van der Waals surface area contributed by atoms with Crippen LogP contribution in [0.1, 0.15) is 15.9 Å². The lowest BCUT2D eigenvalue weighted by molar-refractivity contribution is 0.111. The number of halogens is 1. The van der Waals surface area contributed by atoms with Gasteiger partial charge in [0.25, 0.3) is 0 Å². The van der Waals surface area contributed by atoms with E-state index in [1.54, 1.807) is 24.3 Å². The van der Waals surface area contributed by atoms with Gasteiger partial charge in [-0.15, -0.1) is 0 Å². The van der Waals surface area contributed by atoms with E-state index in [0.29, 0.717) is 28.4 Å². The second kappa shape index (κ2) is 6.30. The number of rotatable bonds is 5. The smallest absolute Gasteiger partial charge is 0.172 e. The Kier molecular flexibility index (Phi) is 4.48. The summed E-state index contributed by atoms with van der Waals surface area (Å²) in [6.45, 7) is 0.202. The number of aldehydes is 1. The summed E-state index contributed by atoms with van der Waals surface area (Å²) in [5.41, 5.74) is 1.09. The van der Waals surface area contributed by atoms with Crippen molar-refractivity contribution in [1.82, 2.24) is 0 Å². The van der Waals surface area contributed by atoms with E-state index in [-0.39, 0.29) is 12.4 Å². The quantitative estimate of drug-likeness (QED) is 0.858. The highest BCUT2D eigenvalue weighted by molar-refractivity contribution is 6.31. The van der Waals surface area contributed by atoms with Crippen LogP contribution in [0.5, 0.6) is 17.2 Å². The number of carbonyl (C=O) groups is 1. The third kappa shape index (κ3) is 3.22. The van der Waals surface area contributed by atoms with E-state index in [9.17, 15) is 9.90 Å². The van der Waals surface area contributed by atoms with Crippen molar-refractivity contribution in [3.8, 4) is 17.2 Å². The van der Waals surface area contributed by atoms with Crippen molar-refractivity contribution in [1.29, 1.82) is 0 Å². The molecule has 20 heavy (non-hydrogen) atoms. The van der Waals surface area contributed by atoms with Crippen LogP contribution in [0.2, 0.25) is 5.02 Å². The summed E-state index contributed by atoms with van der Waals surface area (Å²) in [7, 11) is 1.47. The molecular formula is C15H13ClO4. The molecule has 0 saturated carbocycles. The van der Waals surface area contributed by atoms with Gasteiger partial charge in [-0.1, -0.05) is 23.7 Å². The minimum absolute atomic E-state index is 0.157. The standard InChI is InChI=1S/C15H13ClO4/c1-19-14-7-12(16)6-11(8-17)15(14)20-9-10-3-2-4-13(18)5-10/h2-8,18H,9H2,1H3. The third-order valence-corrected chi connectivity index (χ3v) is 2.91. The second-order valence-corrected chi connectivity index (χ2v) is 4.54. The number of phenolic OH excluding ortho intramolecular Hbond substituents is 1. The predicted molar refractivity (Wildman–Crippen MR) is 75.8 cm³/mol. The number of methoxy groups -OCH3 is 1. The van der Waals surface area contributed by atoms with Crippen LogP contribution in [0, 0.1) is 0 Å². The summed E-state index contributed by atoms with van der Waals surface area (Å²) < 4.78 is 10.8. The maximum absolute atomic E-state index is 11.1. The van der Waals surface area contributed by atoms with E-state index in [0.717, 1.165) is 5.56 Å². The molecule has 0 amide bonds. The van der Waals surface area contributed by atoms with Crippen LogP contribution in [0.25, 0.3) is 0 Å². The van der Waals surface area contributed by atoms with Crippen LogP contribution in [0.3, 0.4) is 0 Å². The molecule has 1 N–H and O–H groups in total. The summed E-state index contributed by atoms with van der Waals surface area (Å²) >= 11 is 5.89. The Hall–Kier alpha value is -2.20. The van der Waals surface area contributed by atoms with E-state index in [1.807, 2.05) is 6.07 Å². The first-order valence-corrected chi connectivity index (χ1v) is 6.25. The van der Waals surface area contributed by atoms with E-state index >= 15 is 0 Å². The zero-order valence-electron chi connectivity index (χ0n) is 10.8. The molecule has 2 aromatic rings. The molecule has 0 heterocycles. The topological polar surface area (TPSA) is 55.8 Å². The van der Waals surface area contributed by atoms with Gasteiger partial charge < -0.3 is 14.6 Å². The fraction of sp³-hybridized carbons (Fsp3) is 0.133. The summed E-state index contributed by atoms with van der Waals surface area (Å²) in [4.78, 5) is 11.1. The van der Waals surface area contributed by atoms with Crippen molar-refractivity contribution < 1.29 is 19.4 Å². The number of carbonyl (C=O) groups excluding carboxylic acids is 1. The molecule has 0 aromatic heterocycles. The molecule has 0 aliphatic heterocycles. The first-order chi connectivity index (χ1) is 9.63. The van der Waals surface area contributed by atoms with Gasteiger partial charge in [0.05, 0.1) is 12.7 Å². The van der Waals surface area contributed by atoms with Crippen molar-refractivity contribution in [3.05, 3.63) is 52.5 Å². The zero-order chi connectivity index (χ0) is 14.5. The Balaban J connectivity index is 2.26. The van der Waals surface area contributed by atoms with Crippen LogP contribution in [-0.2, 0) is 6.61 Å². The van der Waals surface area contributed by atoms with Crippen molar-refractivity contribution in [3.63, 3.8) is 0 Å². The van der Waals surface area contributed by atoms with Gasteiger partial charge in [-0.05, 0) is 23.8 Å². The molecule has 4 nitrogen and oxygen atoms in total. The predicted octanol–water partition coefficient (Wildman–Crippen LogP) is 3.45. The van der Waals surface area contributed by atoms with Gasteiger partial charge in [-0.3, -0.25) is 4.79 Å². The molecule has 0 unspecified atom stereocenters. The second-order valence-electron chi connectivity index (χ2n) is 4.10. The largest absolute Gasteiger partial charge is 0.508 e. The minimum Gasteiger partial charge on any atom is -0.508 e. The number of aromatic hydroxyl groups is 1. The minimum atomic E-state index is 0.157. The highest BCUT2D eigenvalue weighted by atomic mass is 35.5. The Bertz CT molecular complexity index is 625. The number of hydrogen-bond donors (Lipinski definition) is 1. The van der Waals surface area contributed by atoms with Crippen molar-refractivity contribution in [2.24, 2.45) is 0 Å². The Morgan fingerprint density at radius 1 is 1.30 bits per heavy atom. The van der Waals surface area contributed by atoms with E-state index in [4.69, 9.17) is 21.1 Å². The van der Waals surface area contributed by atoms with Crippen LogP contribution in [0.4, 0.5) is 0 Å². The molecule has 0 fully saturated rings. The molecule has 0 aliphatic rings. The van der Waals surface area contributed by atoms with Crippen LogP contribution >= 0.6 is 11.6 Å². The molecule has 2 aromatic carbocycles. The van der Waals surface area contributed by atoms with Crippen LogP contribution in [-0.4, -0.2) is 18.5 Å². The molecule has 0 atom stereocenters. The number of phenols is 1.